The average Bonchev–Trinajstić information content (AvgIpc) is 2.70. The third-order valence-corrected chi connectivity index (χ3v) is 2.75. The van der Waals surface area contributed by atoms with Gasteiger partial charge in [-0.05, 0) is 18.6 Å². The van der Waals surface area contributed by atoms with Gasteiger partial charge >= 0.3 is 0 Å². The fourth-order valence-electron chi connectivity index (χ4n) is 1.73. The maximum Gasteiger partial charge on any atom is 0.251 e. The van der Waals surface area contributed by atoms with Gasteiger partial charge in [0.15, 0.2) is 0 Å². The molecule has 0 aromatic heterocycles. The zero-order valence-corrected chi connectivity index (χ0v) is 9.90. The lowest BCUT2D eigenvalue weighted by Gasteiger charge is -2.07. The van der Waals surface area contributed by atoms with Gasteiger partial charge in [0.2, 0.25) is 5.91 Å². The molecule has 1 aliphatic rings. The van der Waals surface area contributed by atoms with Gasteiger partial charge in [0.1, 0.15) is 11.7 Å². The van der Waals surface area contributed by atoms with E-state index in [1.165, 1.54) is 18.2 Å². The van der Waals surface area contributed by atoms with Crippen molar-refractivity contribution in [1.29, 1.82) is 0 Å². The molecule has 1 aliphatic heterocycles. The van der Waals surface area contributed by atoms with Crippen molar-refractivity contribution in [2.75, 3.05) is 5.32 Å². The van der Waals surface area contributed by atoms with Gasteiger partial charge < -0.3 is 5.32 Å². The molecule has 0 atom stereocenters. The molecule has 0 radical (unpaired) electrons. The van der Waals surface area contributed by atoms with E-state index in [0.717, 1.165) is 0 Å². The number of hydrogen-bond acceptors (Lipinski definition) is 3. The van der Waals surface area contributed by atoms with Crippen molar-refractivity contribution in [3.63, 3.8) is 0 Å². The van der Waals surface area contributed by atoms with E-state index in [9.17, 15) is 18.8 Å². The highest BCUT2D eigenvalue weighted by atomic mass is 19.1. The molecule has 7 heteroatoms. The van der Waals surface area contributed by atoms with Gasteiger partial charge in [0.05, 0.1) is 5.69 Å². The molecule has 6 nitrogen and oxygen atoms in total. The van der Waals surface area contributed by atoms with Gasteiger partial charge in [0, 0.05) is 6.42 Å². The highest BCUT2D eigenvalue weighted by Crippen LogP contribution is 2.15. The summed E-state index contributed by atoms with van der Waals surface area (Å²) in [6.07, 6.45) is 0.0395. The van der Waals surface area contributed by atoms with Crippen LogP contribution in [-0.2, 0) is 14.4 Å². The van der Waals surface area contributed by atoms with E-state index in [0.29, 0.717) is 0 Å². The maximum absolute atomic E-state index is 13.3. The van der Waals surface area contributed by atoms with E-state index < -0.39 is 29.5 Å². The summed E-state index contributed by atoms with van der Waals surface area (Å²) < 4.78 is 13.3. The lowest BCUT2D eigenvalue weighted by atomic mass is 10.0. The Kier molecular flexibility index (Phi) is 3.74. The fourth-order valence-corrected chi connectivity index (χ4v) is 1.73. The number of anilines is 1. The summed E-state index contributed by atoms with van der Waals surface area (Å²) in [7, 11) is 0. The van der Waals surface area contributed by atoms with E-state index >= 15 is 0 Å². The first-order valence-corrected chi connectivity index (χ1v) is 5.72. The molecule has 19 heavy (non-hydrogen) atoms. The molecule has 2 rings (SSSR count). The van der Waals surface area contributed by atoms with Crippen molar-refractivity contribution in [3.8, 4) is 0 Å². The third kappa shape index (κ3) is 3.06. The standard InChI is InChI=1S/C12H12FN3O3/c13-8-3-1-2-4-9(8)14-10(17)6-5-7-11(18)15-16-12(7)19/h1-4,7H,5-6H2,(H,14,17)(H,15,18)(H,16,19). The Hall–Kier alpha value is -2.44. The Morgan fingerprint density at radius 3 is 2.47 bits per heavy atom. The molecule has 1 fully saturated rings. The van der Waals surface area contributed by atoms with Crippen molar-refractivity contribution in [2.24, 2.45) is 5.92 Å². The molecule has 1 saturated heterocycles. The minimum Gasteiger partial charge on any atom is -0.324 e. The topological polar surface area (TPSA) is 87.3 Å². The number of rotatable bonds is 4. The van der Waals surface area contributed by atoms with Gasteiger partial charge in [-0.2, -0.15) is 0 Å². The quantitative estimate of drug-likeness (QED) is 0.685. The average molecular weight is 265 g/mol. The highest BCUT2D eigenvalue weighted by Gasteiger charge is 2.32. The molecule has 3 N–H and O–H groups in total. The van der Waals surface area contributed by atoms with E-state index in [-0.39, 0.29) is 18.5 Å². The molecule has 0 saturated carbocycles. The van der Waals surface area contributed by atoms with Crippen molar-refractivity contribution >= 4 is 23.4 Å². The number of nitrogens with one attached hydrogen (secondary N) is 3. The molecular formula is C12H12FN3O3. The number of para-hydroxylation sites is 1. The SMILES string of the molecule is O=C(CCC1C(=O)NNC1=O)Nc1ccccc1F. The van der Waals surface area contributed by atoms with Gasteiger partial charge in [-0.3, -0.25) is 25.2 Å². The van der Waals surface area contributed by atoms with Crippen molar-refractivity contribution in [1.82, 2.24) is 10.9 Å². The molecule has 1 aromatic rings. The molecule has 1 aromatic carbocycles. The van der Waals surface area contributed by atoms with Crippen LogP contribution < -0.4 is 16.2 Å². The van der Waals surface area contributed by atoms with Gasteiger partial charge in [-0.15, -0.1) is 0 Å². The largest absolute Gasteiger partial charge is 0.324 e. The third-order valence-electron chi connectivity index (χ3n) is 2.75. The monoisotopic (exact) mass is 265 g/mol. The predicted molar refractivity (Wildman–Crippen MR) is 64.0 cm³/mol. The van der Waals surface area contributed by atoms with E-state index in [4.69, 9.17) is 0 Å². The zero-order chi connectivity index (χ0) is 13.8. The number of carbonyl (C=O) groups is 3. The molecule has 0 bridgehead atoms. The summed E-state index contributed by atoms with van der Waals surface area (Å²) in [5, 5.41) is 2.39. The Labute approximate surface area is 108 Å². The second-order valence-electron chi connectivity index (χ2n) is 4.10. The summed E-state index contributed by atoms with van der Waals surface area (Å²) in [5.74, 6) is -2.76. The molecular weight excluding hydrogens is 253 g/mol. The summed E-state index contributed by atoms with van der Waals surface area (Å²) in [4.78, 5) is 34.0. The highest BCUT2D eigenvalue weighted by molar-refractivity contribution is 6.05. The van der Waals surface area contributed by atoms with Crippen LogP contribution in [0.5, 0.6) is 0 Å². The van der Waals surface area contributed by atoms with Crippen LogP contribution in [0.2, 0.25) is 0 Å². The Balaban J connectivity index is 1.87. The van der Waals surface area contributed by atoms with Crippen molar-refractivity contribution < 1.29 is 18.8 Å². The predicted octanol–water partition coefficient (Wildman–Crippen LogP) is 0.322. The Bertz CT molecular complexity index is 517. The number of hydrazine groups is 1. The number of amides is 3. The second kappa shape index (κ2) is 5.47. The maximum atomic E-state index is 13.3. The summed E-state index contributed by atoms with van der Waals surface area (Å²) in [5.41, 5.74) is 4.42. The lowest BCUT2D eigenvalue weighted by molar-refractivity contribution is -0.128. The molecule has 0 unspecified atom stereocenters. The van der Waals surface area contributed by atoms with E-state index in [1.807, 2.05) is 0 Å². The minimum absolute atomic E-state index is 0.0418. The molecule has 0 aliphatic carbocycles. The summed E-state index contributed by atoms with van der Waals surface area (Å²) in [6, 6.07) is 5.77. The molecule has 3 amide bonds. The van der Waals surface area contributed by atoms with Crippen LogP contribution in [0.15, 0.2) is 24.3 Å². The first kappa shape index (κ1) is 13.0. The van der Waals surface area contributed by atoms with Crippen LogP contribution in [0.25, 0.3) is 0 Å². The lowest BCUT2D eigenvalue weighted by Crippen LogP contribution is -2.28. The Morgan fingerprint density at radius 2 is 1.84 bits per heavy atom. The van der Waals surface area contributed by atoms with E-state index in [1.54, 1.807) is 6.07 Å². The number of benzene rings is 1. The van der Waals surface area contributed by atoms with Crippen LogP contribution in [-0.4, -0.2) is 17.7 Å². The van der Waals surface area contributed by atoms with Crippen molar-refractivity contribution in [2.45, 2.75) is 12.8 Å². The second-order valence-corrected chi connectivity index (χ2v) is 4.10. The normalized spacial score (nSPS) is 15.0. The molecule has 0 spiro atoms. The fraction of sp³-hybridized carbons (Fsp3) is 0.250. The van der Waals surface area contributed by atoms with E-state index in [2.05, 4.69) is 16.2 Å². The first-order chi connectivity index (χ1) is 9.08. The van der Waals surface area contributed by atoms with Gasteiger partial charge in [-0.1, -0.05) is 12.1 Å². The summed E-state index contributed by atoms with van der Waals surface area (Å²) >= 11 is 0. The van der Waals surface area contributed by atoms with Gasteiger partial charge in [0.25, 0.3) is 11.8 Å². The number of hydrogen-bond donors (Lipinski definition) is 3. The Morgan fingerprint density at radius 1 is 1.21 bits per heavy atom. The zero-order valence-electron chi connectivity index (χ0n) is 9.90. The summed E-state index contributed by atoms with van der Waals surface area (Å²) in [6.45, 7) is 0. The van der Waals surface area contributed by atoms with Crippen LogP contribution >= 0.6 is 0 Å². The van der Waals surface area contributed by atoms with Gasteiger partial charge in [-0.25, -0.2) is 4.39 Å². The van der Waals surface area contributed by atoms with Crippen LogP contribution in [0.4, 0.5) is 10.1 Å². The smallest absolute Gasteiger partial charge is 0.251 e. The van der Waals surface area contributed by atoms with Crippen LogP contribution in [0, 0.1) is 11.7 Å². The number of halogens is 1. The first-order valence-electron chi connectivity index (χ1n) is 5.72. The van der Waals surface area contributed by atoms with Crippen LogP contribution in [0.1, 0.15) is 12.8 Å². The van der Waals surface area contributed by atoms with Crippen molar-refractivity contribution in [3.05, 3.63) is 30.1 Å². The molecule has 1 heterocycles. The number of carbonyl (C=O) groups excluding carboxylic acids is 3. The minimum atomic E-state index is -0.869. The van der Waals surface area contributed by atoms with Crippen LogP contribution in [0.3, 0.4) is 0 Å². The molecule has 100 valence electrons.